The van der Waals surface area contributed by atoms with E-state index in [0.717, 1.165) is 12.8 Å². The van der Waals surface area contributed by atoms with Crippen LogP contribution in [-0.2, 0) is 0 Å². The van der Waals surface area contributed by atoms with Crippen molar-refractivity contribution in [1.82, 2.24) is 20.0 Å². The summed E-state index contributed by atoms with van der Waals surface area (Å²) in [6, 6.07) is 13.3. The summed E-state index contributed by atoms with van der Waals surface area (Å²) in [5.41, 5.74) is 9.34. The van der Waals surface area contributed by atoms with Crippen molar-refractivity contribution in [3.63, 3.8) is 0 Å². The molecule has 0 aliphatic rings. The predicted octanol–water partition coefficient (Wildman–Crippen LogP) is 3.72. The van der Waals surface area contributed by atoms with Crippen molar-refractivity contribution < 1.29 is 9.18 Å². The molecule has 2 aromatic heterocycles. The van der Waals surface area contributed by atoms with E-state index < -0.39 is 0 Å². The van der Waals surface area contributed by atoms with Crippen molar-refractivity contribution in [2.45, 2.75) is 19.8 Å². The number of nitrogen functional groups attached to an aromatic ring is 1. The number of amides is 1. The Bertz CT molecular complexity index is 1250. The molecule has 8 heteroatoms. The number of nitrogens with zero attached hydrogens (tertiary/aromatic N) is 4. The molecule has 0 fully saturated rings. The summed E-state index contributed by atoms with van der Waals surface area (Å²) in [5.74, 6) is -0.500. The summed E-state index contributed by atoms with van der Waals surface area (Å²) in [5, 5.41) is 7.28. The van der Waals surface area contributed by atoms with E-state index in [2.05, 4.69) is 20.4 Å². The van der Waals surface area contributed by atoms with Gasteiger partial charge in [-0.25, -0.2) is 14.4 Å². The quantitative estimate of drug-likeness (QED) is 0.378. The number of aromatic nitrogens is 3. The Morgan fingerprint density at radius 1 is 1.17 bits per heavy atom. The first-order valence-electron chi connectivity index (χ1n) is 9.73. The Labute approximate surface area is 172 Å². The average Bonchev–Trinajstić information content (AvgIpc) is 3.02. The van der Waals surface area contributed by atoms with Gasteiger partial charge in [-0.3, -0.25) is 4.79 Å². The van der Waals surface area contributed by atoms with Crippen molar-refractivity contribution in [3.05, 3.63) is 65.5 Å². The lowest BCUT2D eigenvalue weighted by atomic mass is 10.2. The van der Waals surface area contributed by atoms with Crippen LogP contribution in [0.2, 0.25) is 0 Å². The van der Waals surface area contributed by atoms with Crippen LogP contribution < -0.4 is 11.1 Å². The molecule has 30 heavy (non-hydrogen) atoms. The molecule has 0 unspecified atom stereocenters. The molecule has 4 rings (SSSR count). The van der Waals surface area contributed by atoms with Gasteiger partial charge in [0.25, 0.3) is 5.91 Å². The molecule has 3 N–H and O–H groups in total. The van der Waals surface area contributed by atoms with Crippen molar-refractivity contribution in [3.8, 4) is 0 Å². The normalized spacial score (nSPS) is 11.5. The van der Waals surface area contributed by atoms with Crippen LogP contribution in [0.4, 0.5) is 10.2 Å². The Kier molecular flexibility index (Phi) is 5.38. The number of hydrogen-bond acceptors (Lipinski definition) is 5. The summed E-state index contributed by atoms with van der Waals surface area (Å²) in [6.45, 7) is 2.59. The van der Waals surface area contributed by atoms with E-state index in [-0.39, 0.29) is 23.1 Å². The third kappa shape index (κ3) is 3.71. The van der Waals surface area contributed by atoms with Gasteiger partial charge in [-0.05, 0) is 36.2 Å². The van der Waals surface area contributed by atoms with Gasteiger partial charge in [0.2, 0.25) is 0 Å². The van der Waals surface area contributed by atoms with E-state index in [1.807, 2.05) is 31.2 Å². The maximum Gasteiger partial charge on any atom is 0.257 e. The van der Waals surface area contributed by atoms with Gasteiger partial charge in [-0.15, -0.1) is 0 Å². The number of anilines is 1. The molecule has 2 heterocycles. The fourth-order valence-corrected chi connectivity index (χ4v) is 3.13. The van der Waals surface area contributed by atoms with Crippen LogP contribution in [0.25, 0.3) is 22.2 Å². The van der Waals surface area contributed by atoms with Gasteiger partial charge in [-0.2, -0.15) is 9.78 Å². The van der Waals surface area contributed by atoms with E-state index >= 15 is 0 Å². The minimum absolute atomic E-state index is 0.146. The minimum Gasteiger partial charge on any atom is -0.383 e. The third-order valence-electron chi connectivity index (χ3n) is 4.71. The molecule has 7 nitrogen and oxygen atoms in total. The highest BCUT2D eigenvalue weighted by Crippen LogP contribution is 2.27. The van der Waals surface area contributed by atoms with Crippen molar-refractivity contribution >= 4 is 40.1 Å². The highest BCUT2D eigenvalue weighted by molar-refractivity contribution is 6.10. The Morgan fingerprint density at radius 2 is 1.87 bits per heavy atom. The number of carbonyl (C=O) groups excluding carboxylic acids is 1. The van der Waals surface area contributed by atoms with Crippen molar-refractivity contribution in [2.75, 3.05) is 12.3 Å². The van der Waals surface area contributed by atoms with E-state index in [0.29, 0.717) is 34.3 Å². The molecule has 0 saturated carbocycles. The van der Waals surface area contributed by atoms with Gasteiger partial charge < -0.3 is 11.1 Å². The first-order chi connectivity index (χ1) is 14.6. The molecule has 152 valence electrons. The fourth-order valence-electron chi connectivity index (χ4n) is 3.13. The first-order valence-corrected chi connectivity index (χ1v) is 9.73. The molecule has 0 radical (unpaired) electrons. The average molecular weight is 404 g/mol. The molecular weight excluding hydrogens is 383 g/mol. The van der Waals surface area contributed by atoms with Crippen LogP contribution >= 0.6 is 0 Å². The zero-order valence-electron chi connectivity index (χ0n) is 16.5. The largest absolute Gasteiger partial charge is 0.383 e. The Balaban J connectivity index is 1.85. The maximum atomic E-state index is 13.2. The summed E-state index contributed by atoms with van der Waals surface area (Å²) >= 11 is 0. The van der Waals surface area contributed by atoms with Crippen LogP contribution in [0.3, 0.4) is 0 Å². The zero-order chi connectivity index (χ0) is 21.1. The number of carbonyl (C=O) groups is 1. The monoisotopic (exact) mass is 404 g/mol. The smallest absolute Gasteiger partial charge is 0.257 e. The summed E-state index contributed by atoms with van der Waals surface area (Å²) < 4.78 is 14.6. The zero-order valence-corrected chi connectivity index (χ0v) is 16.5. The summed E-state index contributed by atoms with van der Waals surface area (Å²) in [7, 11) is 0. The number of nitrogens with two attached hydrogens (primary N) is 1. The third-order valence-corrected chi connectivity index (χ3v) is 4.71. The van der Waals surface area contributed by atoms with E-state index in [1.165, 1.54) is 23.0 Å². The van der Waals surface area contributed by atoms with Gasteiger partial charge in [0.05, 0.1) is 17.2 Å². The molecule has 0 aliphatic carbocycles. The molecule has 0 aliphatic heterocycles. The van der Waals surface area contributed by atoms with E-state index in [9.17, 15) is 9.18 Å². The summed E-state index contributed by atoms with van der Waals surface area (Å²) in [4.78, 5) is 22.1. The molecule has 0 atom stereocenters. The molecular formula is C22H21FN6O. The standard InChI is InChI=1S/C22H21FN6O/c1-2-3-12-25-22(30)18-19-21(28-17-7-5-4-6-16(17)27-19)29(20(18)24)26-13-14-8-10-15(23)11-9-14/h4-11,13H,2-3,12,24H2,1H3,(H,25,30). The van der Waals surface area contributed by atoms with Crippen LogP contribution in [0, 0.1) is 5.82 Å². The van der Waals surface area contributed by atoms with Crippen LogP contribution in [0.1, 0.15) is 35.7 Å². The number of unbranched alkanes of at least 4 members (excludes halogenated alkanes) is 1. The molecule has 0 bridgehead atoms. The second-order valence-corrected chi connectivity index (χ2v) is 6.86. The Hall–Kier alpha value is -3.81. The van der Waals surface area contributed by atoms with Crippen LogP contribution in [-0.4, -0.2) is 33.3 Å². The molecule has 0 spiro atoms. The number of hydrogen-bond donors (Lipinski definition) is 2. The lowest BCUT2D eigenvalue weighted by molar-refractivity contribution is 0.0955. The van der Waals surface area contributed by atoms with Gasteiger partial charge in [-0.1, -0.05) is 37.6 Å². The second kappa shape index (κ2) is 8.28. The number of halogens is 1. The Morgan fingerprint density at radius 3 is 2.57 bits per heavy atom. The SMILES string of the molecule is CCCCNC(=O)c1c(N)n(N=Cc2ccc(F)cc2)c2nc3ccccc3nc12. The predicted molar refractivity (Wildman–Crippen MR) is 116 cm³/mol. The topological polar surface area (TPSA) is 98.2 Å². The van der Waals surface area contributed by atoms with Gasteiger partial charge >= 0.3 is 0 Å². The second-order valence-electron chi connectivity index (χ2n) is 6.86. The number of benzene rings is 2. The molecule has 2 aromatic carbocycles. The van der Waals surface area contributed by atoms with Crippen LogP contribution in [0.15, 0.2) is 53.6 Å². The summed E-state index contributed by atoms with van der Waals surface area (Å²) in [6.07, 6.45) is 3.36. The van der Waals surface area contributed by atoms with Gasteiger partial charge in [0, 0.05) is 6.54 Å². The van der Waals surface area contributed by atoms with Crippen LogP contribution in [0.5, 0.6) is 0 Å². The van der Waals surface area contributed by atoms with Crippen molar-refractivity contribution in [1.29, 1.82) is 0 Å². The van der Waals surface area contributed by atoms with E-state index in [4.69, 9.17) is 5.73 Å². The highest BCUT2D eigenvalue weighted by atomic mass is 19.1. The lowest BCUT2D eigenvalue weighted by Crippen LogP contribution is -2.25. The minimum atomic E-state index is -0.332. The van der Waals surface area contributed by atoms with E-state index in [1.54, 1.807) is 12.1 Å². The number of nitrogens with one attached hydrogen (secondary N) is 1. The maximum absolute atomic E-state index is 13.2. The van der Waals surface area contributed by atoms with Gasteiger partial charge in [0.1, 0.15) is 22.7 Å². The molecule has 1 amide bonds. The molecule has 0 saturated heterocycles. The van der Waals surface area contributed by atoms with Gasteiger partial charge in [0.15, 0.2) is 5.65 Å². The number of fused-ring (bicyclic) bond motifs is 2. The molecule has 4 aromatic rings. The number of rotatable bonds is 6. The number of para-hydroxylation sites is 2. The van der Waals surface area contributed by atoms with Crippen molar-refractivity contribution in [2.24, 2.45) is 5.10 Å². The lowest BCUT2D eigenvalue weighted by Gasteiger charge is -2.04. The fraction of sp³-hybridized carbons (Fsp3) is 0.182. The highest BCUT2D eigenvalue weighted by Gasteiger charge is 2.23. The first kappa shape index (κ1) is 19.5.